The van der Waals surface area contributed by atoms with Crippen LogP contribution in [0, 0.1) is 0 Å². The van der Waals surface area contributed by atoms with Gasteiger partial charge in [-0.1, -0.05) is 109 Å². The van der Waals surface area contributed by atoms with E-state index in [2.05, 4.69) is 98.5 Å². The molecule has 0 spiro atoms. The third-order valence-corrected chi connectivity index (χ3v) is 7.82. The van der Waals surface area contributed by atoms with Gasteiger partial charge in [0.15, 0.2) is 0 Å². The minimum Gasteiger partial charge on any atom is -0.0738 e. The topological polar surface area (TPSA) is 0 Å². The number of hydrogen-bond donors (Lipinski definition) is 0. The van der Waals surface area contributed by atoms with E-state index in [4.69, 9.17) is 0 Å². The van der Waals surface area contributed by atoms with Gasteiger partial charge in [-0.2, -0.15) is 0 Å². The Kier molecular flexibility index (Phi) is 3.73. The molecule has 0 bridgehead atoms. The predicted molar refractivity (Wildman–Crippen MR) is 109 cm³/mol. The fourth-order valence-electron chi connectivity index (χ4n) is 4.38. The summed E-state index contributed by atoms with van der Waals surface area (Å²) in [5.41, 5.74) is 7.95. The van der Waals surface area contributed by atoms with Crippen molar-refractivity contribution < 1.29 is 0 Å². The normalized spacial score (nSPS) is 16.5. The Balaban J connectivity index is 2.04. The molecule has 0 aliphatic carbocycles. The quantitative estimate of drug-likeness (QED) is 0.609. The largest absolute Gasteiger partial charge is 0.214 e. The fraction of sp³-hybridized carbons (Fsp3) is 0.182. The van der Waals surface area contributed by atoms with Gasteiger partial charge in [0.1, 0.15) is 0 Å². The van der Waals surface area contributed by atoms with Gasteiger partial charge >= 0.3 is 0 Å². The molecule has 1 aliphatic rings. The van der Waals surface area contributed by atoms with Crippen molar-refractivity contribution in [3.8, 4) is 11.1 Å². The SMILES string of the molecule is C[Si](C)(C)[C@@H]1B(c2ccccc2)c2ccccc2-c2ccccc21. The van der Waals surface area contributed by atoms with Gasteiger partial charge in [-0.25, -0.2) is 0 Å². The molecule has 1 aliphatic heterocycles. The van der Waals surface area contributed by atoms with E-state index in [1.54, 1.807) is 5.56 Å². The van der Waals surface area contributed by atoms with Crippen molar-refractivity contribution in [1.29, 1.82) is 0 Å². The first kappa shape index (κ1) is 15.5. The van der Waals surface area contributed by atoms with Crippen LogP contribution in [-0.4, -0.2) is 14.8 Å². The first-order valence-corrected chi connectivity index (χ1v) is 12.4. The molecule has 4 rings (SSSR count). The van der Waals surface area contributed by atoms with Crippen molar-refractivity contribution in [1.82, 2.24) is 0 Å². The molecule has 3 aromatic carbocycles. The maximum absolute atomic E-state index is 2.51. The van der Waals surface area contributed by atoms with Gasteiger partial charge in [0.2, 0.25) is 6.71 Å². The zero-order valence-corrected chi connectivity index (χ0v) is 15.7. The van der Waals surface area contributed by atoms with E-state index in [-0.39, 0.29) is 0 Å². The predicted octanol–water partition coefficient (Wildman–Crippen LogP) is 4.48. The van der Waals surface area contributed by atoms with Gasteiger partial charge in [0, 0.05) is 8.07 Å². The molecule has 24 heavy (non-hydrogen) atoms. The Bertz CT molecular complexity index is 864. The van der Waals surface area contributed by atoms with Crippen LogP contribution in [-0.2, 0) is 0 Å². The van der Waals surface area contributed by atoms with E-state index >= 15 is 0 Å². The van der Waals surface area contributed by atoms with E-state index in [1.165, 1.54) is 22.1 Å². The van der Waals surface area contributed by atoms with Gasteiger partial charge in [-0.05, 0) is 22.1 Å². The van der Waals surface area contributed by atoms with Crippen LogP contribution in [0.2, 0.25) is 19.6 Å². The third kappa shape index (κ3) is 2.46. The highest BCUT2D eigenvalue weighted by molar-refractivity contribution is 7.00. The molecular weight excluding hydrogens is 303 g/mol. The highest BCUT2D eigenvalue weighted by atomic mass is 28.3. The third-order valence-electron chi connectivity index (χ3n) is 5.31. The molecule has 0 nitrogen and oxygen atoms in total. The lowest BCUT2D eigenvalue weighted by molar-refractivity contribution is 1.22. The van der Waals surface area contributed by atoms with E-state index in [9.17, 15) is 0 Å². The molecular formula is C22H23BSi. The maximum atomic E-state index is 2.51. The molecule has 118 valence electrons. The lowest BCUT2D eigenvalue weighted by Crippen LogP contribution is -2.57. The standard InChI is InChI=1S/C22H23BSi/c1-24(2,3)22-20-15-8-7-13-18(20)19-14-9-10-16-21(19)23(22)17-11-5-4-6-12-17/h4-16,22H,1-3H3/t22-/m0/s1. The summed E-state index contributed by atoms with van der Waals surface area (Å²) >= 11 is 0. The summed E-state index contributed by atoms with van der Waals surface area (Å²) in [7, 11) is -1.42. The Morgan fingerprint density at radius 3 is 1.96 bits per heavy atom. The van der Waals surface area contributed by atoms with Crippen LogP contribution < -0.4 is 10.9 Å². The van der Waals surface area contributed by atoms with Crippen molar-refractivity contribution >= 4 is 25.7 Å². The lowest BCUT2D eigenvalue weighted by atomic mass is 9.34. The van der Waals surface area contributed by atoms with Gasteiger partial charge < -0.3 is 0 Å². The van der Waals surface area contributed by atoms with Crippen molar-refractivity contribution in [2.75, 3.05) is 0 Å². The highest BCUT2D eigenvalue weighted by Crippen LogP contribution is 2.40. The fourth-order valence-corrected chi connectivity index (χ4v) is 6.94. The smallest absolute Gasteiger partial charge is 0.0738 e. The molecule has 1 atom stereocenters. The molecule has 0 unspecified atom stereocenters. The minimum absolute atomic E-state index is 0.462. The van der Waals surface area contributed by atoms with Gasteiger partial charge in [0.05, 0.1) is 0 Å². The van der Waals surface area contributed by atoms with Crippen molar-refractivity contribution in [3.05, 3.63) is 84.4 Å². The second-order valence-electron chi connectivity index (χ2n) is 7.91. The molecule has 1 heterocycles. The summed E-state index contributed by atoms with van der Waals surface area (Å²) in [6.07, 6.45) is 0. The van der Waals surface area contributed by atoms with Gasteiger partial charge in [0.25, 0.3) is 0 Å². The van der Waals surface area contributed by atoms with Crippen LogP contribution in [0.5, 0.6) is 0 Å². The monoisotopic (exact) mass is 326 g/mol. The molecule has 0 N–H and O–H groups in total. The first-order valence-electron chi connectivity index (χ1n) is 8.80. The van der Waals surface area contributed by atoms with Crippen molar-refractivity contribution in [2.24, 2.45) is 0 Å². The minimum atomic E-state index is -1.42. The van der Waals surface area contributed by atoms with E-state index in [0.29, 0.717) is 12.2 Å². The van der Waals surface area contributed by atoms with E-state index in [0.717, 1.165) is 0 Å². The number of benzene rings is 3. The van der Waals surface area contributed by atoms with Crippen molar-refractivity contribution in [3.63, 3.8) is 0 Å². The summed E-state index contributed by atoms with van der Waals surface area (Å²) < 4.78 is 0. The van der Waals surface area contributed by atoms with Crippen LogP contribution in [0.4, 0.5) is 0 Å². The zero-order valence-electron chi connectivity index (χ0n) is 14.7. The van der Waals surface area contributed by atoms with Crippen LogP contribution >= 0.6 is 0 Å². The Morgan fingerprint density at radius 1 is 0.667 bits per heavy atom. The molecule has 0 radical (unpaired) electrons. The summed E-state index contributed by atoms with van der Waals surface area (Å²) in [4.78, 5) is 0. The number of fused-ring (bicyclic) bond motifs is 3. The Hall–Kier alpha value is -2.06. The summed E-state index contributed by atoms with van der Waals surface area (Å²) in [5.74, 6) is 0. The van der Waals surface area contributed by atoms with Crippen LogP contribution in [0.25, 0.3) is 11.1 Å². The summed E-state index contributed by atoms with van der Waals surface area (Å²) in [6, 6.07) is 29.2. The second kappa shape index (κ2) is 5.79. The average molecular weight is 326 g/mol. The molecule has 3 aromatic rings. The average Bonchev–Trinajstić information content (AvgIpc) is 2.60. The lowest BCUT2D eigenvalue weighted by Gasteiger charge is -2.40. The summed E-state index contributed by atoms with van der Waals surface area (Å²) in [6.45, 7) is 8.00. The molecule has 2 heteroatoms. The second-order valence-corrected chi connectivity index (χ2v) is 13.3. The van der Waals surface area contributed by atoms with Gasteiger partial charge in [-0.15, -0.1) is 0 Å². The van der Waals surface area contributed by atoms with Crippen LogP contribution in [0.1, 0.15) is 11.0 Å². The molecule has 0 amide bonds. The van der Waals surface area contributed by atoms with Gasteiger partial charge in [-0.3, -0.25) is 0 Å². The molecule has 0 saturated heterocycles. The first-order chi connectivity index (χ1) is 11.6. The maximum Gasteiger partial charge on any atom is 0.214 e. The highest BCUT2D eigenvalue weighted by Gasteiger charge is 2.43. The molecule has 0 aromatic heterocycles. The van der Waals surface area contributed by atoms with Crippen molar-refractivity contribution in [2.45, 2.75) is 25.1 Å². The van der Waals surface area contributed by atoms with Crippen LogP contribution in [0.15, 0.2) is 78.9 Å². The zero-order chi connectivity index (χ0) is 16.7. The van der Waals surface area contributed by atoms with E-state index < -0.39 is 8.07 Å². The Morgan fingerprint density at radius 2 is 1.25 bits per heavy atom. The Labute approximate surface area is 146 Å². The molecule has 0 saturated carbocycles. The number of rotatable bonds is 2. The summed E-state index contributed by atoms with van der Waals surface area (Å²) in [5, 5.41) is 0. The molecule has 0 fully saturated rings. The number of hydrogen-bond acceptors (Lipinski definition) is 0. The van der Waals surface area contributed by atoms with Crippen LogP contribution in [0.3, 0.4) is 0 Å². The van der Waals surface area contributed by atoms with E-state index in [1.807, 2.05) is 0 Å².